The molecule has 0 radical (unpaired) electrons. The van der Waals surface area contributed by atoms with Gasteiger partial charge in [-0.15, -0.1) is 0 Å². The highest BCUT2D eigenvalue weighted by atomic mass is 14.3. The third kappa shape index (κ3) is 3.60. The molecule has 0 bridgehead atoms. The standard InChI is InChI=1S/C17H30/c1-3-5-15-8-12-17(13-9-15)16-10-6-14(4-2)7-11-16/h3,5,14-17H,4,6-13H2,1-2H3/b5-3-. The van der Waals surface area contributed by atoms with Crippen LogP contribution in [0.25, 0.3) is 0 Å². The number of allylic oxidation sites excluding steroid dienone is 2. The van der Waals surface area contributed by atoms with Crippen LogP contribution in [0.4, 0.5) is 0 Å². The van der Waals surface area contributed by atoms with E-state index in [0.29, 0.717) is 0 Å². The second kappa shape index (κ2) is 6.61. The van der Waals surface area contributed by atoms with E-state index in [1.807, 2.05) is 0 Å². The number of hydrogen-bond acceptors (Lipinski definition) is 0. The van der Waals surface area contributed by atoms with Crippen LogP contribution in [0.5, 0.6) is 0 Å². The third-order valence-electron chi connectivity index (χ3n) is 5.42. The Morgan fingerprint density at radius 1 is 0.824 bits per heavy atom. The molecule has 0 spiro atoms. The van der Waals surface area contributed by atoms with Crippen LogP contribution in [0.15, 0.2) is 12.2 Å². The Balaban J connectivity index is 1.74. The lowest BCUT2D eigenvalue weighted by atomic mass is 9.69. The fourth-order valence-corrected chi connectivity index (χ4v) is 4.15. The molecule has 2 rings (SSSR count). The highest BCUT2D eigenvalue weighted by Gasteiger charge is 2.29. The van der Waals surface area contributed by atoms with Crippen LogP contribution in [0.2, 0.25) is 0 Å². The summed E-state index contributed by atoms with van der Waals surface area (Å²) in [6, 6.07) is 0. The molecule has 0 heterocycles. The summed E-state index contributed by atoms with van der Waals surface area (Å²) in [5, 5.41) is 0. The topological polar surface area (TPSA) is 0 Å². The van der Waals surface area contributed by atoms with Crippen molar-refractivity contribution in [2.75, 3.05) is 0 Å². The van der Waals surface area contributed by atoms with E-state index in [0.717, 1.165) is 23.7 Å². The average Bonchev–Trinajstić information content (AvgIpc) is 2.40. The summed E-state index contributed by atoms with van der Waals surface area (Å²) in [5.41, 5.74) is 0. The van der Waals surface area contributed by atoms with Gasteiger partial charge in [0.05, 0.1) is 0 Å². The first-order valence-electron chi connectivity index (χ1n) is 7.96. The summed E-state index contributed by atoms with van der Waals surface area (Å²) < 4.78 is 0. The normalized spacial score (nSPS) is 39.6. The summed E-state index contributed by atoms with van der Waals surface area (Å²) >= 11 is 0. The molecule has 0 aromatic heterocycles. The smallest absolute Gasteiger partial charge is 0.0233 e. The fraction of sp³-hybridized carbons (Fsp3) is 0.882. The Morgan fingerprint density at radius 3 is 1.82 bits per heavy atom. The second-order valence-electron chi connectivity index (χ2n) is 6.39. The molecule has 0 nitrogen and oxygen atoms in total. The first kappa shape index (κ1) is 13.2. The Labute approximate surface area is 108 Å². The molecule has 0 saturated heterocycles. The van der Waals surface area contributed by atoms with Gasteiger partial charge in [-0.1, -0.05) is 38.3 Å². The van der Waals surface area contributed by atoms with Crippen molar-refractivity contribution in [2.45, 2.75) is 71.6 Å². The second-order valence-corrected chi connectivity index (χ2v) is 6.39. The van der Waals surface area contributed by atoms with Crippen LogP contribution in [0.1, 0.15) is 71.6 Å². The summed E-state index contributed by atoms with van der Waals surface area (Å²) in [5.74, 6) is 4.13. The highest BCUT2D eigenvalue weighted by molar-refractivity contribution is 4.90. The van der Waals surface area contributed by atoms with Gasteiger partial charge in [0.1, 0.15) is 0 Å². The third-order valence-corrected chi connectivity index (χ3v) is 5.42. The Bertz CT molecular complexity index is 224. The molecule has 0 aliphatic heterocycles. The fourth-order valence-electron chi connectivity index (χ4n) is 4.15. The Morgan fingerprint density at radius 2 is 1.35 bits per heavy atom. The highest BCUT2D eigenvalue weighted by Crippen LogP contribution is 2.42. The number of hydrogen-bond donors (Lipinski definition) is 0. The van der Waals surface area contributed by atoms with Crippen molar-refractivity contribution in [3.8, 4) is 0 Å². The van der Waals surface area contributed by atoms with Gasteiger partial charge in [0.2, 0.25) is 0 Å². The minimum atomic E-state index is 0.906. The van der Waals surface area contributed by atoms with E-state index in [-0.39, 0.29) is 0 Å². The van der Waals surface area contributed by atoms with Gasteiger partial charge < -0.3 is 0 Å². The van der Waals surface area contributed by atoms with Gasteiger partial charge in [-0.05, 0) is 69.1 Å². The predicted octanol–water partition coefficient (Wildman–Crippen LogP) is 5.59. The lowest BCUT2D eigenvalue weighted by Gasteiger charge is -2.37. The number of rotatable bonds is 3. The maximum Gasteiger partial charge on any atom is -0.0233 e. The van der Waals surface area contributed by atoms with Crippen LogP contribution in [0.3, 0.4) is 0 Å². The average molecular weight is 234 g/mol. The van der Waals surface area contributed by atoms with Gasteiger partial charge >= 0.3 is 0 Å². The molecule has 0 atom stereocenters. The van der Waals surface area contributed by atoms with Crippen LogP contribution in [-0.2, 0) is 0 Å². The molecule has 0 aromatic rings. The van der Waals surface area contributed by atoms with Crippen molar-refractivity contribution >= 4 is 0 Å². The lowest BCUT2D eigenvalue weighted by Crippen LogP contribution is -2.25. The SMILES string of the molecule is C/C=C\C1CCC(C2CCC(CC)CC2)CC1. The van der Waals surface area contributed by atoms with E-state index >= 15 is 0 Å². The van der Waals surface area contributed by atoms with Gasteiger partial charge in [-0.25, -0.2) is 0 Å². The van der Waals surface area contributed by atoms with Gasteiger partial charge in [-0.2, -0.15) is 0 Å². The van der Waals surface area contributed by atoms with Gasteiger partial charge in [-0.3, -0.25) is 0 Å². The van der Waals surface area contributed by atoms with E-state index in [1.165, 1.54) is 57.8 Å². The van der Waals surface area contributed by atoms with Crippen LogP contribution < -0.4 is 0 Å². The first-order valence-corrected chi connectivity index (χ1v) is 7.96. The van der Waals surface area contributed by atoms with Crippen molar-refractivity contribution in [1.82, 2.24) is 0 Å². The largest absolute Gasteiger partial charge is 0.0914 e. The zero-order chi connectivity index (χ0) is 12.1. The Hall–Kier alpha value is -0.260. The molecule has 2 saturated carbocycles. The molecule has 98 valence electrons. The van der Waals surface area contributed by atoms with Gasteiger partial charge in [0.15, 0.2) is 0 Å². The molecule has 0 unspecified atom stereocenters. The predicted molar refractivity (Wildman–Crippen MR) is 76.0 cm³/mol. The molecule has 2 aliphatic carbocycles. The first-order chi connectivity index (χ1) is 8.33. The molecule has 0 amide bonds. The van der Waals surface area contributed by atoms with Crippen LogP contribution in [0, 0.1) is 23.7 Å². The van der Waals surface area contributed by atoms with E-state index in [1.54, 1.807) is 0 Å². The van der Waals surface area contributed by atoms with Crippen molar-refractivity contribution in [2.24, 2.45) is 23.7 Å². The zero-order valence-corrected chi connectivity index (χ0v) is 11.8. The van der Waals surface area contributed by atoms with Crippen LogP contribution in [-0.4, -0.2) is 0 Å². The van der Waals surface area contributed by atoms with Crippen LogP contribution >= 0.6 is 0 Å². The molecular weight excluding hydrogens is 204 g/mol. The van der Waals surface area contributed by atoms with Crippen molar-refractivity contribution in [1.29, 1.82) is 0 Å². The van der Waals surface area contributed by atoms with E-state index in [9.17, 15) is 0 Å². The van der Waals surface area contributed by atoms with Crippen molar-refractivity contribution in [3.63, 3.8) is 0 Å². The van der Waals surface area contributed by atoms with Crippen molar-refractivity contribution < 1.29 is 0 Å². The summed E-state index contributed by atoms with van der Waals surface area (Å²) in [6.45, 7) is 4.53. The summed E-state index contributed by atoms with van der Waals surface area (Å²) in [4.78, 5) is 0. The molecular formula is C17H30. The molecule has 0 heteroatoms. The molecule has 2 aliphatic rings. The lowest BCUT2D eigenvalue weighted by molar-refractivity contribution is 0.154. The Kier molecular flexibility index (Phi) is 5.13. The van der Waals surface area contributed by atoms with Gasteiger partial charge in [0, 0.05) is 0 Å². The maximum atomic E-state index is 2.43. The van der Waals surface area contributed by atoms with Gasteiger partial charge in [0.25, 0.3) is 0 Å². The quantitative estimate of drug-likeness (QED) is 0.559. The summed E-state index contributed by atoms with van der Waals surface area (Å²) in [7, 11) is 0. The van der Waals surface area contributed by atoms with Crippen molar-refractivity contribution in [3.05, 3.63) is 12.2 Å². The van der Waals surface area contributed by atoms with E-state index in [2.05, 4.69) is 26.0 Å². The molecule has 2 fully saturated rings. The monoisotopic (exact) mass is 234 g/mol. The minimum Gasteiger partial charge on any atom is -0.0914 e. The zero-order valence-electron chi connectivity index (χ0n) is 11.8. The summed E-state index contributed by atoms with van der Waals surface area (Å²) in [6.07, 6.45) is 18.2. The molecule has 0 N–H and O–H groups in total. The van der Waals surface area contributed by atoms with E-state index in [4.69, 9.17) is 0 Å². The molecule has 0 aromatic carbocycles. The molecule has 17 heavy (non-hydrogen) atoms. The van der Waals surface area contributed by atoms with E-state index < -0.39 is 0 Å². The maximum absolute atomic E-state index is 2.43. The minimum absolute atomic E-state index is 0.906.